The molecular weight excluding hydrogens is 565 g/mol. The summed E-state index contributed by atoms with van der Waals surface area (Å²) in [6, 6.07) is 10.2. The van der Waals surface area contributed by atoms with Crippen LogP contribution < -0.4 is 13.9 Å². The molecule has 6 nitrogen and oxygen atoms in total. The number of aromatic nitrogens is 1. The first kappa shape index (κ1) is 23.4. The van der Waals surface area contributed by atoms with Crippen LogP contribution in [-0.2, 0) is 11.2 Å². The Kier molecular flexibility index (Phi) is 6.58. The molecule has 0 saturated carbocycles. The molecule has 6 rings (SSSR count). The van der Waals surface area contributed by atoms with Crippen molar-refractivity contribution in [3.63, 3.8) is 0 Å². The summed E-state index contributed by atoms with van der Waals surface area (Å²) in [5, 5.41) is 0.689. The van der Waals surface area contributed by atoms with Gasteiger partial charge in [0.05, 0.1) is 0 Å². The second-order valence-corrected chi connectivity index (χ2v) is 14.3. The van der Waals surface area contributed by atoms with Crippen molar-refractivity contribution >= 4 is 61.5 Å². The van der Waals surface area contributed by atoms with E-state index in [1.54, 1.807) is 0 Å². The standard InChI is InChI=1S/C27H29N3O3S.Sn/c1-19-7-2-5-16-33-25-17-20(12-15-29-13-3-4-14-29)10-11-23(25)28-24(18-31)21-8-6-9-22-26(21)34-30(19)27(22)32;/h6,8-10,17,19H,2-5,7,12-16H2,1H3;. The summed E-state index contributed by atoms with van der Waals surface area (Å²) in [5.41, 5.74) is 3.46. The van der Waals surface area contributed by atoms with Crippen LogP contribution in [0.4, 0.5) is 5.69 Å². The summed E-state index contributed by atoms with van der Waals surface area (Å²) >= 11 is -0.0854. The van der Waals surface area contributed by atoms with E-state index in [4.69, 9.17) is 9.73 Å². The number of fused-ring (bicyclic) bond motifs is 2. The Morgan fingerprint density at radius 1 is 1.14 bits per heavy atom. The number of nitrogens with zero attached hydrogens (tertiary/aromatic N) is 3. The van der Waals surface area contributed by atoms with Gasteiger partial charge in [-0.1, -0.05) is 0 Å². The number of hydrogen-bond donors (Lipinski definition) is 0. The first-order valence-electron chi connectivity index (χ1n) is 12.7. The van der Waals surface area contributed by atoms with E-state index >= 15 is 0 Å². The number of aliphatic imine (C=N–C) groups is 1. The predicted octanol–water partition coefficient (Wildman–Crippen LogP) is 3.82. The predicted molar refractivity (Wildman–Crippen MR) is 143 cm³/mol. The van der Waals surface area contributed by atoms with Gasteiger partial charge < -0.3 is 0 Å². The summed E-state index contributed by atoms with van der Waals surface area (Å²) in [7, 11) is 0. The second kappa shape index (κ2) is 9.82. The summed E-state index contributed by atoms with van der Waals surface area (Å²) in [6.07, 6.45) is 6.41. The van der Waals surface area contributed by atoms with Gasteiger partial charge in [-0.2, -0.15) is 0 Å². The van der Waals surface area contributed by atoms with Crippen LogP contribution in [0.25, 0.3) is 10.1 Å². The van der Waals surface area contributed by atoms with Crippen LogP contribution in [0.3, 0.4) is 0 Å². The molecule has 3 aromatic rings. The molecule has 0 aliphatic carbocycles. The zero-order valence-electron chi connectivity index (χ0n) is 20.0. The van der Waals surface area contributed by atoms with Crippen LogP contribution in [0.5, 0.6) is 5.75 Å². The molecule has 1 aromatic heterocycles. The Bertz CT molecular complexity index is 1390. The number of carbonyl (C=O) groups excluding carboxylic acids is 1. The number of benzene rings is 2. The first-order valence-corrected chi connectivity index (χ1v) is 16.3. The van der Waals surface area contributed by atoms with Gasteiger partial charge in [0.25, 0.3) is 0 Å². The monoisotopic (exact) mass is 595 g/mol. The molecule has 1 unspecified atom stereocenters. The number of hydrogen-bond acceptors (Lipinski definition) is 6. The SMILES string of the molecule is CC1CCCCOc2cc(CCN3CCCC3)c[c]3c2N=C([C](=O)[Sn]3)c2cccc3c(=O)n1sc23. The average molecular weight is 594 g/mol. The average Bonchev–Trinajstić information content (AvgIpc) is 3.49. The van der Waals surface area contributed by atoms with Gasteiger partial charge in [-0.05, 0) is 0 Å². The molecule has 0 N–H and O–H groups in total. The van der Waals surface area contributed by atoms with Crippen LogP contribution >= 0.6 is 11.5 Å². The molecule has 0 spiro atoms. The van der Waals surface area contributed by atoms with Crippen molar-refractivity contribution in [3.05, 3.63) is 51.8 Å². The van der Waals surface area contributed by atoms with Gasteiger partial charge in [-0.3, -0.25) is 0 Å². The molecule has 4 heterocycles. The van der Waals surface area contributed by atoms with Gasteiger partial charge >= 0.3 is 220 Å². The van der Waals surface area contributed by atoms with Crippen molar-refractivity contribution in [1.82, 2.24) is 8.86 Å². The topological polar surface area (TPSA) is 63.9 Å². The molecule has 3 aliphatic heterocycles. The van der Waals surface area contributed by atoms with Gasteiger partial charge in [0, 0.05) is 0 Å². The summed E-state index contributed by atoms with van der Waals surface area (Å²) in [5.74, 6) is 0.827. The molecule has 1 saturated heterocycles. The maximum absolute atomic E-state index is 13.5. The molecule has 4 bridgehead atoms. The van der Waals surface area contributed by atoms with Crippen molar-refractivity contribution in [2.75, 3.05) is 26.2 Å². The molecule has 0 amide bonds. The van der Waals surface area contributed by atoms with Crippen LogP contribution in [0.1, 0.15) is 56.2 Å². The van der Waals surface area contributed by atoms with Gasteiger partial charge in [-0.25, -0.2) is 0 Å². The van der Waals surface area contributed by atoms with Gasteiger partial charge in [0.1, 0.15) is 0 Å². The maximum atomic E-state index is 13.5. The van der Waals surface area contributed by atoms with E-state index in [0.29, 0.717) is 17.7 Å². The van der Waals surface area contributed by atoms with Gasteiger partial charge in [0.2, 0.25) is 0 Å². The van der Waals surface area contributed by atoms with E-state index in [1.165, 1.54) is 43.0 Å². The molecule has 2 aromatic carbocycles. The van der Waals surface area contributed by atoms with Crippen molar-refractivity contribution in [2.24, 2.45) is 4.99 Å². The number of rotatable bonds is 3. The van der Waals surface area contributed by atoms with E-state index in [9.17, 15) is 9.59 Å². The van der Waals surface area contributed by atoms with Crippen LogP contribution in [0.2, 0.25) is 0 Å². The summed E-state index contributed by atoms with van der Waals surface area (Å²) < 4.78 is 10.4. The Hall–Kier alpha value is -1.97. The molecule has 180 valence electrons. The molecule has 35 heavy (non-hydrogen) atoms. The quantitative estimate of drug-likeness (QED) is 0.433. The Balaban J connectivity index is 1.46. The zero-order chi connectivity index (χ0) is 23.9. The third-order valence-corrected chi connectivity index (χ3v) is 11.8. The van der Waals surface area contributed by atoms with Crippen LogP contribution in [0.15, 0.2) is 40.1 Å². The zero-order valence-corrected chi connectivity index (χ0v) is 23.7. The van der Waals surface area contributed by atoms with Gasteiger partial charge in [0.15, 0.2) is 0 Å². The molecule has 1 atom stereocenters. The minimum atomic E-state index is -1.57. The van der Waals surface area contributed by atoms with Gasteiger partial charge in [-0.15, -0.1) is 0 Å². The van der Waals surface area contributed by atoms with E-state index in [2.05, 4.69) is 24.0 Å². The normalized spacial score (nSPS) is 20.7. The van der Waals surface area contributed by atoms with E-state index in [-0.39, 0.29) is 15.4 Å². The van der Waals surface area contributed by atoms with Crippen LogP contribution in [-0.4, -0.2) is 65.8 Å². The Labute approximate surface area is 219 Å². The fourth-order valence-electron chi connectivity index (χ4n) is 5.33. The summed E-state index contributed by atoms with van der Waals surface area (Å²) in [6.45, 7) is 6.17. The molecule has 8 heteroatoms. The number of carbonyl (C=O) groups is 1. The number of ether oxygens (including phenoxy) is 1. The van der Waals surface area contributed by atoms with Crippen molar-refractivity contribution in [2.45, 2.75) is 51.5 Å². The molecule has 2 radical (unpaired) electrons. The third-order valence-electron chi connectivity index (χ3n) is 7.30. The molecular formula is C27H29N3O3SSn. The third kappa shape index (κ3) is 4.51. The van der Waals surface area contributed by atoms with Crippen molar-refractivity contribution in [1.29, 1.82) is 0 Å². The van der Waals surface area contributed by atoms with Crippen molar-refractivity contribution < 1.29 is 9.53 Å². The fraction of sp³-hybridized carbons (Fsp3) is 0.444. The number of likely N-dealkylation sites (tertiary alicyclic amines) is 1. The Morgan fingerprint density at radius 3 is 2.86 bits per heavy atom. The first-order chi connectivity index (χ1) is 17.1. The fourth-order valence-corrected chi connectivity index (χ4v) is 9.67. The summed E-state index contributed by atoms with van der Waals surface area (Å²) in [4.78, 5) is 34.1. The molecule has 3 aliphatic rings. The Morgan fingerprint density at radius 2 is 2.00 bits per heavy atom. The second-order valence-electron chi connectivity index (χ2n) is 9.80. The van der Waals surface area contributed by atoms with E-state index in [1.807, 2.05) is 22.2 Å². The van der Waals surface area contributed by atoms with Crippen LogP contribution in [0, 0.1) is 0 Å². The van der Waals surface area contributed by atoms with E-state index in [0.717, 1.165) is 57.5 Å². The van der Waals surface area contributed by atoms with E-state index < -0.39 is 21.1 Å². The van der Waals surface area contributed by atoms with Crippen molar-refractivity contribution in [3.8, 4) is 5.75 Å². The molecule has 1 fully saturated rings. The minimum absolute atomic E-state index is 0.0399.